The van der Waals surface area contributed by atoms with E-state index in [1.54, 1.807) is 0 Å². The molecular formula is C19H21N3O3. The predicted molar refractivity (Wildman–Crippen MR) is 96.0 cm³/mol. The van der Waals surface area contributed by atoms with Crippen molar-refractivity contribution in [3.8, 4) is 0 Å². The molecule has 1 amide bonds. The van der Waals surface area contributed by atoms with Crippen molar-refractivity contribution in [1.29, 1.82) is 0 Å². The van der Waals surface area contributed by atoms with Crippen LogP contribution in [0.2, 0.25) is 0 Å². The van der Waals surface area contributed by atoms with Gasteiger partial charge in [-0.05, 0) is 43.5 Å². The van der Waals surface area contributed by atoms with Gasteiger partial charge in [-0.15, -0.1) is 0 Å². The van der Waals surface area contributed by atoms with Crippen LogP contribution in [-0.2, 0) is 4.74 Å². The minimum absolute atomic E-state index is 0.251. The SMILES string of the molecule is COC(=O)c1ccc(C(=O)Nc2ccccc2N2CCCCC2)nc1. The molecule has 2 aromatic rings. The van der Waals surface area contributed by atoms with E-state index in [9.17, 15) is 9.59 Å². The summed E-state index contributed by atoms with van der Waals surface area (Å²) in [4.78, 5) is 30.3. The summed E-state index contributed by atoms with van der Waals surface area (Å²) < 4.78 is 4.63. The van der Waals surface area contributed by atoms with Crippen molar-refractivity contribution >= 4 is 23.3 Å². The summed E-state index contributed by atoms with van der Waals surface area (Å²) in [6.07, 6.45) is 4.93. The van der Waals surface area contributed by atoms with E-state index in [0.717, 1.165) is 24.5 Å². The van der Waals surface area contributed by atoms with Crippen LogP contribution in [0.1, 0.15) is 40.1 Å². The average Bonchev–Trinajstić information content (AvgIpc) is 2.68. The van der Waals surface area contributed by atoms with E-state index in [0.29, 0.717) is 5.56 Å². The van der Waals surface area contributed by atoms with E-state index in [2.05, 4.69) is 19.9 Å². The topological polar surface area (TPSA) is 71.5 Å². The summed E-state index contributed by atoms with van der Waals surface area (Å²) in [5, 5.41) is 2.93. The molecule has 0 radical (unpaired) electrons. The maximum atomic E-state index is 12.5. The summed E-state index contributed by atoms with van der Waals surface area (Å²) in [5.74, 6) is -0.782. The molecule has 0 spiro atoms. The molecule has 1 aliphatic heterocycles. The van der Waals surface area contributed by atoms with Gasteiger partial charge < -0.3 is 15.0 Å². The highest BCUT2D eigenvalue weighted by Gasteiger charge is 2.17. The van der Waals surface area contributed by atoms with Gasteiger partial charge in [0.1, 0.15) is 5.69 Å². The van der Waals surface area contributed by atoms with Crippen LogP contribution in [0.4, 0.5) is 11.4 Å². The molecule has 1 N–H and O–H groups in total. The summed E-state index contributed by atoms with van der Waals surface area (Å²) in [5.41, 5.74) is 2.36. The molecule has 0 unspecified atom stereocenters. The Morgan fingerprint density at radius 1 is 1.08 bits per heavy atom. The largest absolute Gasteiger partial charge is 0.465 e. The van der Waals surface area contributed by atoms with E-state index < -0.39 is 5.97 Å². The maximum absolute atomic E-state index is 12.5. The molecule has 0 bridgehead atoms. The van der Waals surface area contributed by atoms with Gasteiger partial charge in [-0.3, -0.25) is 9.78 Å². The lowest BCUT2D eigenvalue weighted by molar-refractivity contribution is 0.0600. The second kappa shape index (κ2) is 7.79. The monoisotopic (exact) mass is 339 g/mol. The smallest absolute Gasteiger partial charge is 0.339 e. The number of nitrogens with zero attached hydrogens (tertiary/aromatic N) is 2. The second-order valence-electron chi connectivity index (χ2n) is 5.94. The van der Waals surface area contributed by atoms with Gasteiger partial charge in [0.25, 0.3) is 5.91 Å². The number of carbonyl (C=O) groups excluding carboxylic acids is 2. The van der Waals surface area contributed by atoms with Gasteiger partial charge >= 0.3 is 5.97 Å². The molecule has 130 valence electrons. The molecule has 1 aromatic heterocycles. The molecule has 3 rings (SSSR count). The highest BCUT2D eigenvalue weighted by atomic mass is 16.5. The van der Waals surface area contributed by atoms with Crippen LogP contribution in [0.15, 0.2) is 42.6 Å². The highest BCUT2D eigenvalue weighted by Crippen LogP contribution is 2.28. The third-order valence-electron chi connectivity index (χ3n) is 4.27. The zero-order chi connectivity index (χ0) is 17.6. The van der Waals surface area contributed by atoms with Crippen molar-refractivity contribution in [3.05, 3.63) is 53.9 Å². The Labute approximate surface area is 146 Å². The van der Waals surface area contributed by atoms with Crippen molar-refractivity contribution in [3.63, 3.8) is 0 Å². The molecule has 2 heterocycles. The number of esters is 1. The zero-order valence-electron chi connectivity index (χ0n) is 14.2. The lowest BCUT2D eigenvalue weighted by atomic mass is 10.1. The molecular weight excluding hydrogens is 318 g/mol. The molecule has 1 aromatic carbocycles. The minimum Gasteiger partial charge on any atom is -0.465 e. The van der Waals surface area contributed by atoms with Crippen molar-refractivity contribution in [2.24, 2.45) is 0 Å². The van der Waals surface area contributed by atoms with E-state index in [1.807, 2.05) is 24.3 Å². The van der Waals surface area contributed by atoms with Gasteiger partial charge in [0.2, 0.25) is 0 Å². The van der Waals surface area contributed by atoms with Crippen LogP contribution >= 0.6 is 0 Å². The van der Waals surface area contributed by atoms with Gasteiger partial charge in [0, 0.05) is 19.3 Å². The predicted octanol–water partition coefficient (Wildman–Crippen LogP) is 3.11. The summed E-state index contributed by atoms with van der Waals surface area (Å²) in [6.45, 7) is 2.00. The number of anilines is 2. The summed E-state index contributed by atoms with van der Waals surface area (Å²) in [6, 6.07) is 10.8. The number of rotatable bonds is 4. The number of benzene rings is 1. The number of aromatic nitrogens is 1. The van der Waals surface area contributed by atoms with Gasteiger partial charge in [-0.1, -0.05) is 12.1 Å². The van der Waals surface area contributed by atoms with Crippen LogP contribution in [0.3, 0.4) is 0 Å². The van der Waals surface area contributed by atoms with Crippen LogP contribution in [0.25, 0.3) is 0 Å². The number of pyridine rings is 1. The third-order valence-corrected chi connectivity index (χ3v) is 4.27. The quantitative estimate of drug-likeness (QED) is 0.867. The first-order chi connectivity index (χ1) is 12.2. The van der Waals surface area contributed by atoms with Crippen molar-refractivity contribution in [1.82, 2.24) is 4.98 Å². The fourth-order valence-corrected chi connectivity index (χ4v) is 2.94. The first kappa shape index (κ1) is 17.0. The Morgan fingerprint density at radius 3 is 2.52 bits per heavy atom. The third kappa shape index (κ3) is 3.96. The van der Waals surface area contributed by atoms with Crippen LogP contribution in [0.5, 0.6) is 0 Å². The molecule has 25 heavy (non-hydrogen) atoms. The van der Waals surface area contributed by atoms with E-state index in [4.69, 9.17) is 0 Å². The number of carbonyl (C=O) groups is 2. The molecule has 0 saturated carbocycles. The minimum atomic E-state index is -0.477. The lowest BCUT2D eigenvalue weighted by Crippen LogP contribution is -2.30. The fraction of sp³-hybridized carbons (Fsp3) is 0.316. The molecule has 1 aliphatic rings. The Balaban J connectivity index is 1.76. The number of amides is 1. The number of hydrogen-bond donors (Lipinski definition) is 1. The normalized spacial score (nSPS) is 14.0. The number of methoxy groups -OCH3 is 1. The van der Waals surface area contributed by atoms with Crippen LogP contribution in [-0.4, -0.2) is 37.1 Å². The first-order valence-electron chi connectivity index (χ1n) is 8.39. The number of piperidine rings is 1. The van der Waals surface area contributed by atoms with Gasteiger partial charge in [0.15, 0.2) is 0 Å². The van der Waals surface area contributed by atoms with Gasteiger partial charge in [0.05, 0.1) is 24.0 Å². The molecule has 1 fully saturated rings. The summed E-state index contributed by atoms with van der Waals surface area (Å²) >= 11 is 0. The van der Waals surface area contributed by atoms with Gasteiger partial charge in [-0.25, -0.2) is 4.79 Å². The van der Waals surface area contributed by atoms with E-state index in [-0.39, 0.29) is 11.6 Å². The van der Waals surface area contributed by atoms with Crippen molar-refractivity contribution in [2.45, 2.75) is 19.3 Å². The van der Waals surface area contributed by atoms with Gasteiger partial charge in [-0.2, -0.15) is 0 Å². The molecule has 0 atom stereocenters. The Morgan fingerprint density at radius 2 is 1.84 bits per heavy atom. The van der Waals surface area contributed by atoms with E-state index in [1.165, 1.54) is 44.7 Å². The second-order valence-corrected chi connectivity index (χ2v) is 5.94. The molecule has 6 nitrogen and oxygen atoms in total. The molecule has 0 aliphatic carbocycles. The number of ether oxygens (including phenoxy) is 1. The summed E-state index contributed by atoms with van der Waals surface area (Å²) in [7, 11) is 1.31. The highest BCUT2D eigenvalue weighted by molar-refractivity contribution is 6.05. The number of para-hydroxylation sites is 2. The van der Waals surface area contributed by atoms with Crippen molar-refractivity contribution < 1.29 is 14.3 Å². The Bertz CT molecular complexity index is 753. The lowest BCUT2D eigenvalue weighted by Gasteiger charge is -2.30. The van der Waals surface area contributed by atoms with Crippen molar-refractivity contribution in [2.75, 3.05) is 30.4 Å². The van der Waals surface area contributed by atoms with Crippen LogP contribution < -0.4 is 10.2 Å². The zero-order valence-corrected chi connectivity index (χ0v) is 14.2. The molecule has 1 saturated heterocycles. The average molecular weight is 339 g/mol. The fourth-order valence-electron chi connectivity index (χ4n) is 2.94. The number of nitrogens with one attached hydrogen (secondary N) is 1. The standard InChI is InChI=1S/C19H21N3O3/c1-25-19(24)14-9-10-16(20-13-14)18(23)21-15-7-3-4-8-17(15)22-11-5-2-6-12-22/h3-4,7-10,13H,2,5-6,11-12H2,1H3,(H,21,23). The van der Waals surface area contributed by atoms with E-state index >= 15 is 0 Å². The first-order valence-corrected chi connectivity index (χ1v) is 8.39. The Kier molecular flexibility index (Phi) is 5.28. The molecule has 6 heteroatoms. The number of hydrogen-bond acceptors (Lipinski definition) is 5. The maximum Gasteiger partial charge on any atom is 0.339 e. The Hall–Kier alpha value is -2.89. The van der Waals surface area contributed by atoms with Crippen LogP contribution in [0, 0.1) is 0 Å².